The van der Waals surface area contributed by atoms with Crippen molar-refractivity contribution in [1.29, 1.82) is 0 Å². The molecule has 0 saturated carbocycles. The van der Waals surface area contributed by atoms with E-state index in [2.05, 4.69) is 20.2 Å². The molecule has 0 unspecified atom stereocenters. The monoisotopic (exact) mass is 385 g/mol. The fraction of sp³-hybridized carbons (Fsp3) is 0.167. The van der Waals surface area contributed by atoms with Crippen molar-refractivity contribution < 1.29 is 13.2 Å². The Hall–Kier alpha value is -3.04. The molecule has 0 aliphatic carbocycles. The number of carbonyl (C=O) groups excluding carboxylic acids is 1. The largest absolute Gasteiger partial charge is 0.347 e. The van der Waals surface area contributed by atoms with E-state index in [1.807, 2.05) is 30.3 Å². The van der Waals surface area contributed by atoms with Gasteiger partial charge in [0.1, 0.15) is 0 Å². The summed E-state index contributed by atoms with van der Waals surface area (Å²) in [5.41, 5.74) is 2.51. The molecule has 1 heterocycles. The van der Waals surface area contributed by atoms with Crippen molar-refractivity contribution in [1.82, 2.24) is 25.0 Å². The van der Waals surface area contributed by atoms with Crippen LogP contribution in [-0.2, 0) is 22.3 Å². The second kappa shape index (κ2) is 8.11. The molecule has 1 amide bonds. The van der Waals surface area contributed by atoms with Gasteiger partial charge < -0.3 is 5.32 Å². The number of amides is 1. The quantitative estimate of drug-likeness (QED) is 0.637. The lowest BCUT2D eigenvalue weighted by Gasteiger charge is -2.06. The summed E-state index contributed by atoms with van der Waals surface area (Å²) >= 11 is 0. The van der Waals surface area contributed by atoms with Crippen molar-refractivity contribution in [3.05, 3.63) is 77.6 Å². The molecule has 0 saturated heterocycles. The molecule has 0 aliphatic heterocycles. The zero-order valence-electron chi connectivity index (χ0n) is 14.7. The normalized spacial score (nSPS) is 11.3. The molecule has 9 heteroatoms. The maximum atomic E-state index is 12.2. The Bertz CT molecular complexity index is 1010. The fourth-order valence-electron chi connectivity index (χ4n) is 2.37. The number of hydrogen-bond donors (Lipinski definition) is 2. The maximum Gasteiger partial charge on any atom is 0.273 e. The summed E-state index contributed by atoms with van der Waals surface area (Å²) in [5, 5.41) is 11.0. The average Bonchev–Trinajstić information content (AvgIpc) is 3.18. The molecule has 1 aromatic heterocycles. The van der Waals surface area contributed by atoms with Gasteiger partial charge in [-0.05, 0) is 30.3 Å². The second-order valence-corrected chi connectivity index (χ2v) is 7.74. The van der Waals surface area contributed by atoms with E-state index in [-0.39, 0.29) is 17.4 Å². The van der Waals surface area contributed by atoms with E-state index in [1.54, 1.807) is 24.3 Å². The molecule has 0 fully saturated rings. The molecule has 0 radical (unpaired) electrons. The van der Waals surface area contributed by atoms with Crippen LogP contribution in [0, 0.1) is 0 Å². The summed E-state index contributed by atoms with van der Waals surface area (Å²) in [6, 6.07) is 16.3. The van der Waals surface area contributed by atoms with Crippen molar-refractivity contribution in [3.63, 3.8) is 0 Å². The number of aromatic nitrogens is 3. The molecule has 3 rings (SSSR count). The Balaban J connectivity index is 1.59. The summed E-state index contributed by atoms with van der Waals surface area (Å²) in [6.45, 7) is 0.302. The lowest BCUT2D eigenvalue weighted by atomic mass is 10.1. The van der Waals surface area contributed by atoms with E-state index < -0.39 is 10.0 Å². The number of sulfonamides is 1. The standard InChI is InChI=1S/C18H19N5O3S/c1-19-27(25,26)13-15-9-7-14(8-10-15)11-20-18(24)17-12-21-23(22-17)16-5-3-2-4-6-16/h2-10,12,19H,11,13H2,1H3,(H,20,24). The average molecular weight is 385 g/mol. The zero-order chi connectivity index (χ0) is 19.3. The van der Waals surface area contributed by atoms with Gasteiger partial charge in [0, 0.05) is 6.54 Å². The SMILES string of the molecule is CNS(=O)(=O)Cc1ccc(CNC(=O)c2cnn(-c3ccccc3)n2)cc1. The molecular formula is C18H19N5O3S. The van der Waals surface area contributed by atoms with Gasteiger partial charge in [-0.3, -0.25) is 4.79 Å². The van der Waals surface area contributed by atoms with Gasteiger partial charge in [0.25, 0.3) is 5.91 Å². The molecule has 0 aliphatic rings. The van der Waals surface area contributed by atoms with Crippen molar-refractivity contribution in [2.45, 2.75) is 12.3 Å². The van der Waals surface area contributed by atoms with Crippen LogP contribution in [-0.4, -0.2) is 36.4 Å². The Morgan fingerprint density at radius 2 is 1.70 bits per heavy atom. The summed E-state index contributed by atoms with van der Waals surface area (Å²) in [4.78, 5) is 13.6. The lowest BCUT2D eigenvalue weighted by molar-refractivity contribution is 0.0945. The van der Waals surface area contributed by atoms with Gasteiger partial charge in [-0.25, -0.2) is 13.1 Å². The Kier molecular flexibility index (Phi) is 5.63. The molecule has 0 spiro atoms. The second-order valence-electron chi connectivity index (χ2n) is 5.82. The van der Waals surface area contributed by atoms with Crippen LogP contribution in [0.3, 0.4) is 0 Å². The van der Waals surface area contributed by atoms with E-state index in [1.165, 1.54) is 18.0 Å². The van der Waals surface area contributed by atoms with Crippen LogP contribution in [0.2, 0.25) is 0 Å². The number of rotatable bonds is 7. The number of nitrogens with one attached hydrogen (secondary N) is 2. The molecule has 27 heavy (non-hydrogen) atoms. The van der Waals surface area contributed by atoms with Gasteiger partial charge in [0.2, 0.25) is 10.0 Å². The highest BCUT2D eigenvalue weighted by Crippen LogP contribution is 2.08. The third-order valence-electron chi connectivity index (χ3n) is 3.86. The van der Waals surface area contributed by atoms with Crippen LogP contribution in [0.5, 0.6) is 0 Å². The number of benzene rings is 2. The minimum absolute atomic E-state index is 0.0846. The smallest absolute Gasteiger partial charge is 0.273 e. The third-order valence-corrected chi connectivity index (χ3v) is 5.19. The minimum Gasteiger partial charge on any atom is -0.347 e. The molecule has 8 nitrogen and oxygen atoms in total. The highest BCUT2D eigenvalue weighted by Gasteiger charge is 2.12. The molecule has 0 atom stereocenters. The topological polar surface area (TPSA) is 106 Å². The van der Waals surface area contributed by atoms with Crippen LogP contribution in [0.15, 0.2) is 60.8 Å². The highest BCUT2D eigenvalue weighted by atomic mass is 32.2. The van der Waals surface area contributed by atoms with Crippen molar-refractivity contribution in [3.8, 4) is 5.69 Å². The first-order valence-electron chi connectivity index (χ1n) is 8.22. The van der Waals surface area contributed by atoms with E-state index >= 15 is 0 Å². The Labute approximate surface area is 157 Å². The van der Waals surface area contributed by atoms with Crippen LogP contribution < -0.4 is 10.0 Å². The Morgan fingerprint density at radius 1 is 1.04 bits per heavy atom. The van der Waals surface area contributed by atoms with E-state index in [4.69, 9.17) is 0 Å². The van der Waals surface area contributed by atoms with Crippen LogP contribution in [0.1, 0.15) is 21.6 Å². The number of nitrogens with zero attached hydrogens (tertiary/aromatic N) is 3. The zero-order valence-corrected chi connectivity index (χ0v) is 15.5. The molecule has 3 aromatic rings. The van der Waals surface area contributed by atoms with Crippen LogP contribution >= 0.6 is 0 Å². The van der Waals surface area contributed by atoms with E-state index in [0.717, 1.165) is 11.3 Å². The van der Waals surface area contributed by atoms with Gasteiger partial charge in [0.15, 0.2) is 5.69 Å². The molecule has 2 N–H and O–H groups in total. The molecule has 0 bridgehead atoms. The van der Waals surface area contributed by atoms with Gasteiger partial charge >= 0.3 is 0 Å². The fourth-order valence-corrected chi connectivity index (χ4v) is 3.15. The summed E-state index contributed by atoms with van der Waals surface area (Å²) in [6.07, 6.45) is 1.41. The van der Waals surface area contributed by atoms with E-state index in [0.29, 0.717) is 12.1 Å². The van der Waals surface area contributed by atoms with Crippen LogP contribution in [0.25, 0.3) is 5.69 Å². The Morgan fingerprint density at radius 3 is 2.37 bits per heavy atom. The number of carbonyl (C=O) groups is 1. The summed E-state index contributed by atoms with van der Waals surface area (Å²) in [5.74, 6) is -0.419. The van der Waals surface area contributed by atoms with Gasteiger partial charge in [-0.2, -0.15) is 9.90 Å². The van der Waals surface area contributed by atoms with Crippen molar-refractivity contribution in [2.24, 2.45) is 0 Å². The first-order valence-corrected chi connectivity index (χ1v) is 9.87. The minimum atomic E-state index is -3.31. The molecule has 2 aromatic carbocycles. The van der Waals surface area contributed by atoms with Gasteiger partial charge in [-0.1, -0.05) is 42.5 Å². The molecular weight excluding hydrogens is 366 g/mol. The van der Waals surface area contributed by atoms with Gasteiger partial charge in [-0.15, -0.1) is 5.10 Å². The summed E-state index contributed by atoms with van der Waals surface area (Å²) < 4.78 is 25.4. The maximum absolute atomic E-state index is 12.2. The van der Waals surface area contributed by atoms with Crippen molar-refractivity contribution >= 4 is 15.9 Å². The predicted octanol–water partition coefficient (Wildman–Crippen LogP) is 1.25. The first kappa shape index (κ1) is 18.7. The van der Waals surface area contributed by atoms with Gasteiger partial charge in [0.05, 0.1) is 17.6 Å². The highest BCUT2D eigenvalue weighted by molar-refractivity contribution is 7.88. The van der Waals surface area contributed by atoms with E-state index in [9.17, 15) is 13.2 Å². The molecule has 140 valence electrons. The lowest BCUT2D eigenvalue weighted by Crippen LogP contribution is -2.23. The first-order chi connectivity index (χ1) is 13.0. The third kappa shape index (κ3) is 4.99. The summed E-state index contributed by atoms with van der Waals surface area (Å²) in [7, 11) is -1.92. The number of hydrogen-bond acceptors (Lipinski definition) is 5. The number of para-hydroxylation sites is 1. The predicted molar refractivity (Wildman–Crippen MR) is 101 cm³/mol. The van der Waals surface area contributed by atoms with Crippen LogP contribution in [0.4, 0.5) is 0 Å². The van der Waals surface area contributed by atoms with Crippen molar-refractivity contribution in [2.75, 3.05) is 7.05 Å².